The Bertz CT molecular complexity index is 412. The van der Waals surface area contributed by atoms with E-state index in [1.54, 1.807) is 0 Å². The smallest absolute Gasteiger partial charge is 0.748 e. The van der Waals surface area contributed by atoms with Crippen LogP contribution < -0.4 is 0 Å². The van der Waals surface area contributed by atoms with E-state index in [0.29, 0.717) is 12.8 Å². The molecule has 0 saturated heterocycles. The molecule has 0 rings (SSSR count). The molecule has 0 bridgehead atoms. The quantitative estimate of drug-likeness (QED) is 0.432. The van der Waals surface area contributed by atoms with Crippen LogP contribution in [0.5, 0.6) is 0 Å². The zero-order valence-electron chi connectivity index (χ0n) is 13.7. The van der Waals surface area contributed by atoms with Crippen molar-refractivity contribution in [2.75, 3.05) is 0 Å². The minimum absolute atomic E-state index is 0. The molecule has 0 aliphatic rings. The molecule has 9 heteroatoms. The summed E-state index contributed by atoms with van der Waals surface area (Å²) in [5.74, 6) is 0.525. The standard InChI is InChI=1S/2C6H14O3S.Ba/c2*1-5(2)4-6(3)10(7,8)9;/h2*5-6H,4H2,1-3H3,(H,7,8,9);/q;;+2/p-2/t2*6-;/m11./s1. The maximum Gasteiger partial charge on any atom is 2.00 e. The van der Waals surface area contributed by atoms with E-state index in [1.165, 1.54) is 13.8 Å². The van der Waals surface area contributed by atoms with Crippen LogP contribution in [0.2, 0.25) is 0 Å². The van der Waals surface area contributed by atoms with Gasteiger partial charge in [-0.15, -0.1) is 0 Å². The van der Waals surface area contributed by atoms with Crippen LogP contribution >= 0.6 is 0 Å². The van der Waals surface area contributed by atoms with E-state index in [0.717, 1.165) is 0 Å². The van der Waals surface area contributed by atoms with Crippen molar-refractivity contribution >= 4 is 69.1 Å². The van der Waals surface area contributed by atoms with Crippen molar-refractivity contribution in [3.05, 3.63) is 0 Å². The molecule has 21 heavy (non-hydrogen) atoms. The molecule has 124 valence electrons. The second-order valence-corrected chi connectivity index (χ2v) is 9.45. The Hall–Kier alpha value is 1.39. The fourth-order valence-corrected chi connectivity index (χ4v) is 2.80. The molecule has 0 saturated carbocycles. The normalized spacial score (nSPS) is 15.0. The zero-order chi connectivity index (χ0) is 16.7. The number of rotatable bonds is 6. The molecule has 2 atom stereocenters. The largest absolute Gasteiger partial charge is 2.00 e. The van der Waals surface area contributed by atoms with Crippen molar-refractivity contribution in [3.63, 3.8) is 0 Å². The van der Waals surface area contributed by atoms with Crippen molar-refractivity contribution in [2.45, 2.75) is 64.9 Å². The van der Waals surface area contributed by atoms with Gasteiger partial charge in [0, 0.05) is 10.5 Å². The summed E-state index contributed by atoms with van der Waals surface area (Å²) in [6, 6.07) is 0. The maximum atomic E-state index is 10.3. The van der Waals surface area contributed by atoms with Crippen molar-refractivity contribution in [1.82, 2.24) is 0 Å². The van der Waals surface area contributed by atoms with Gasteiger partial charge in [-0.05, 0) is 38.5 Å². The van der Waals surface area contributed by atoms with Crippen LogP contribution in [0.4, 0.5) is 0 Å². The van der Waals surface area contributed by atoms with E-state index in [1.807, 2.05) is 27.7 Å². The molecule has 0 aromatic carbocycles. The van der Waals surface area contributed by atoms with E-state index in [9.17, 15) is 25.9 Å². The van der Waals surface area contributed by atoms with Crippen molar-refractivity contribution in [3.8, 4) is 0 Å². The summed E-state index contributed by atoms with van der Waals surface area (Å²) in [7, 11) is -8.10. The van der Waals surface area contributed by atoms with Gasteiger partial charge in [0.2, 0.25) is 0 Å². The van der Waals surface area contributed by atoms with Gasteiger partial charge in [-0.2, -0.15) is 0 Å². The Morgan fingerprint density at radius 2 is 0.857 bits per heavy atom. The molecule has 0 aromatic rings. The molecule has 0 N–H and O–H groups in total. The minimum atomic E-state index is -4.05. The Morgan fingerprint density at radius 3 is 0.905 bits per heavy atom. The van der Waals surface area contributed by atoms with Crippen LogP contribution in [-0.4, -0.2) is 85.3 Å². The summed E-state index contributed by atoms with van der Waals surface area (Å²) in [6.45, 7) is 10.5. The molecule has 0 radical (unpaired) electrons. The molecule has 6 nitrogen and oxygen atoms in total. The molecular weight excluding hydrogens is 442 g/mol. The zero-order valence-corrected chi connectivity index (χ0v) is 19.8. The van der Waals surface area contributed by atoms with E-state index >= 15 is 0 Å². The van der Waals surface area contributed by atoms with Gasteiger partial charge < -0.3 is 9.11 Å². The Morgan fingerprint density at radius 1 is 0.667 bits per heavy atom. The third-order valence-corrected chi connectivity index (χ3v) is 4.95. The van der Waals surface area contributed by atoms with Crippen LogP contribution in [-0.2, 0) is 20.2 Å². The molecule has 0 fully saturated rings. The van der Waals surface area contributed by atoms with Crippen LogP contribution in [0.25, 0.3) is 0 Å². The SMILES string of the molecule is CC(C)C[C@@H](C)S(=O)(=O)[O-].CC(C)C[C@@H](C)S(=O)(=O)[O-].[Ba+2]. The van der Waals surface area contributed by atoms with Gasteiger partial charge in [-0.1, -0.05) is 27.7 Å². The van der Waals surface area contributed by atoms with Crippen LogP contribution in [0.1, 0.15) is 54.4 Å². The average molecular weight is 468 g/mol. The van der Waals surface area contributed by atoms with Gasteiger partial charge in [0.05, 0.1) is 20.2 Å². The Balaban J connectivity index is -0.000000295. The van der Waals surface area contributed by atoms with E-state index in [2.05, 4.69) is 0 Å². The van der Waals surface area contributed by atoms with Crippen molar-refractivity contribution in [2.24, 2.45) is 11.8 Å². The van der Waals surface area contributed by atoms with Gasteiger partial charge in [0.15, 0.2) is 0 Å². The van der Waals surface area contributed by atoms with Crippen LogP contribution in [0.3, 0.4) is 0 Å². The molecular formula is C12H26BaO6S2. The Labute approximate surface area is 170 Å². The summed E-state index contributed by atoms with van der Waals surface area (Å²) in [4.78, 5) is 0. The fraction of sp³-hybridized carbons (Fsp3) is 1.00. The number of hydrogen-bond acceptors (Lipinski definition) is 6. The first-order valence-electron chi connectivity index (χ1n) is 6.57. The molecule has 0 heterocycles. The fourth-order valence-electron chi connectivity index (χ4n) is 1.56. The van der Waals surface area contributed by atoms with E-state index in [-0.39, 0.29) is 60.7 Å². The maximum absolute atomic E-state index is 10.3. The van der Waals surface area contributed by atoms with Gasteiger partial charge in [0.1, 0.15) is 0 Å². The molecule has 0 spiro atoms. The first-order valence-corrected chi connectivity index (χ1v) is 9.51. The average Bonchev–Trinajstić information content (AvgIpc) is 2.13. The van der Waals surface area contributed by atoms with Crippen molar-refractivity contribution < 1.29 is 25.9 Å². The summed E-state index contributed by atoms with van der Waals surface area (Å²) in [5, 5.41) is -1.49. The third-order valence-electron chi connectivity index (χ3n) is 2.59. The summed E-state index contributed by atoms with van der Waals surface area (Å²) >= 11 is 0. The van der Waals surface area contributed by atoms with Gasteiger partial charge >= 0.3 is 48.9 Å². The molecule has 0 aliphatic carbocycles. The molecule has 0 amide bonds. The third kappa shape index (κ3) is 17.6. The minimum Gasteiger partial charge on any atom is -0.748 e. The van der Waals surface area contributed by atoms with Crippen LogP contribution in [0.15, 0.2) is 0 Å². The molecule has 0 unspecified atom stereocenters. The number of hydrogen-bond donors (Lipinski definition) is 0. The second-order valence-electron chi connectivity index (χ2n) is 5.87. The first kappa shape index (κ1) is 27.2. The van der Waals surface area contributed by atoms with E-state index < -0.39 is 30.7 Å². The predicted molar refractivity (Wildman–Crippen MR) is 83.0 cm³/mol. The molecule has 0 aliphatic heterocycles. The topological polar surface area (TPSA) is 114 Å². The predicted octanol–water partition coefficient (Wildman–Crippen LogP) is 1.55. The van der Waals surface area contributed by atoms with Gasteiger partial charge in [-0.3, -0.25) is 0 Å². The van der Waals surface area contributed by atoms with Crippen LogP contribution in [0, 0.1) is 11.8 Å². The first-order chi connectivity index (χ1) is 8.67. The van der Waals surface area contributed by atoms with E-state index in [4.69, 9.17) is 0 Å². The van der Waals surface area contributed by atoms with Gasteiger partial charge in [0.25, 0.3) is 0 Å². The summed E-state index contributed by atoms with van der Waals surface area (Å²) < 4.78 is 61.9. The molecule has 0 aromatic heterocycles. The van der Waals surface area contributed by atoms with Crippen molar-refractivity contribution in [1.29, 1.82) is 0 Å². The summed E-state index contributed by atoms with van der Waals surface area (Å²) in [6.07, 6.45) is 0.900. The monoisotopic (exact) mass is 468 g/mol. The Kier molecular flexibility index (Phi) is 15.4. The second kappa shape index (κ2) is 11.9. The van der Waals surface area contributed by atoms with Gasteiger partial charge in [-0.25, -0.2) is 16.8 Å². The summed E-state index contributed by atoms with van der Waals surface area (Å²) in [5.41, 5.74) is 0.